The minimum atomic E-state index is -2.36. The molecule has 0 aromatic rings. The third kappa shape index (κ3) is 11.5. The van der Waals surface area contributed by atoms with Gasteiger partial charge in [0.25, 0.3) is 6.43 Å². The topological polar surface area (TPSA) is 21.3 Å². The van der Waals surface area contributed by atoms with E-state index in [1.54, 1.807) is 0 Å². The zero-order valence-electron chi connectivity index (χ0n) is 8.15. The Balaban J connectivity index is 3.04. The molecule has 4 heteroatoms. The van der Waals surface area contributed by atoms with E-state index >= 15 is 0 Å². The second-order valence-electron chi connectivity index (χ2n) is 2.95. The van der Waals surface area contributed by atoms with E-state index in [4.69, 9.17) is 0 Å². The van der Waals surface area contributed by atoms with Crippen LogP contribution in [0, 0.1) is 0 Å². The summed E-state index contributed by atoms with van der Waals surface area (Å²) in [5.41, 5.74) is 1.24. The van der Waals surface area contributed by atoms with Crippen molar-refractivity contribution < 1.29 is 13.5 Å². The highest BCUT2D eigenvalue weighted by atomic mass is 19.3. The molecular formula is C9H17F2NO. The molecule has 0 rings (SSSR count). The molecule has 0 spiro atoms. The highest BCUT2D eigenvalue weighted by molar-refractivity contribution is 4.94. The van der Waals surface area contributed by atoms with Crippen molar-refractivity contribution in [1.82, 2.24) is 5.32 Å². The quantitative estimate of drug-likeness (QED) is 0.492. The van der Waals surface area contributed by atoms with Crippen molar-refractivity contribution in [3.63, 3.8) is 0 Å². The molecule has 0 bridgehead atoms. The summed E-state index contributed by atoms with van der Waals surface area (Å²) < 4.78 is 27.8. The first-order valence-electron chi connectivity index (χ1n) is 4.33. The number of alkyl halides is 2. The highest BCUT2D eigenvalue weighted by Gasteiger charge is 1.99. The first-order chi connectivity index (χ1) is 6.13. The van der Waals surface area contributed by atoms with Crippen LogP contribution < -0.4 is 5.32 Å². The monoisotopic (exact) mass is 193 g/mol. The summed E-state index contributed by atoms with van der Waals surface area (Å²) in [7, 11) is 0. The Morgan fingerprint density at radius 1 is 1.46 bits per heavy atom. The van der Waals surface area contributed by atoms with E-state index in [0.717, 1.165) is 6.54 Å². The van der Waals surface area contributed by atoms with Gasteiger partial charge in [0, 0.05) is 13.1 Å². The number of allylic oxidation sites excluding steroid dienone is 1. The second kappa shape index (κ2) is 8.13. The van der Waals surface area contributed by atoms with Gasteiger partial charge < -0.3 is 10.1 Å². The maximum absolute atomic E-state index is 11.6. The van der Waals surface area contributed by atoms with Gasteiger partial charge in [-0.1, -0.05) is 11.6 Å². The van der Waals surface area contributed by atoms with E-state index < -0.39 is 13.0 Å². The van der Waals surface area contributed by atoms with Crippen LogP contribution in [0.15, 0.2) is 11.6 Å². The molecule has 0 aliphatic carbocycles. The Bertz CT molecular complexity index is 145. The Labute approximate surface area is 78.0 Å². The predicted octanol–water partition coefficient (Wildman–Crippen LogP) is 1.82. The molecule has 0 aliphatic rings. The fourth-order valence-corrected chi connectivity index (χ4v) is 0.695. The smallest absolute Gasteiger partial charge is 0.261 e. The number of hydrogen-bond acceptors (Lipinski definition) is 2. The molecule has 0 fully saturated rings. The molecule has 0 aromatic heterocycles. The van der Waals surface area contributed by atoms with E-state index in [-0.39, 0.29) is 0 Å². The van der Waals surface area contributed by atoms with Crippen LogP contribution in [0.2, 0.25) is 0 Å². The maximum Gasteiger partial charge on any atom is 0.261 e. The lowest BCUT2D eigenvalue weighted by Gasteiger charge is -2.03. The largest absolute Gasteiger partial charge is 0.374 e. The molecule has 0 atom stereocenters. The maximum atomic E-state index is 11.6. The van der Waals surface area contributed by atoms with Crippen LogP contribution in [-0.2, 0) is 4.74 Å². The van der Waals surface area contributed by atoms with Gasteiger partial charge in [0.2, 0.25) is 0 Å². The number of hydrogen-bond donors (Lipinski definition) is 1. The summed E-state index contributed by atoms with van der Waals surface area (Å²) in [5.74, 6) is 0. The van der Waals surface area contributed by atoms with Crippen molar-refractivity contribution in [2.45, 2.75) is 20.3 Å². The number of nitrogens with one attached hydrogen (secondary N) is 1. The van der Waals surface area contributed by atoms with E-state index in [1.807, 2.05) is 19.9 Å². The molecule has 0 saturated heterocycles. The summed E-state index contributed by atoms with van der Waals surface area (Å²) in [6, 6.07) is 0. The van der Waals surface area contributed by atoms with Crippen molar-refractivity contribution in [3.05, 3.63) is 11.6 Å². The molecule has 0 heterocycles. The van der Waals surface area contributed by atoms with Gasteiger partial charge in [-0.2, -0.15) is 0 Å². The molecule has 0 amide bonds. The average molecular weight is 193 g/mol. The average Bonchev–Trinajstić information content (AvgIpc) is 2.01. The lowest BCUT2D eigenvalue weighted by molar-refractivity contribution is 0.0190. The lowest BCUT2D eigenvalue weighted by atomic mass is 10.3. The van der Waals surface area contributed by atoms with Crippen molar-refractivity contribution >= 4 is 0 Å². The molecule has 2 nitrogen and oxygen atoms in total. The van der Waals surface area contributed by atoms with Crippen LogP contribution in [0.25, 0.3) is 0 Å². The van der Waals surface area contributed by atoms with Gasteiger partial charge >= 0.3 is 0 Å². The zero-order chi connectivity index (χ0) is 10.1. The van der Waals surface area contributed by atoms with E-state index in [2.05, 4.69) is 10.1 Å². The van der Waals surface area contributed by atoms with Crippen LogP contribution in [0.5, 0.6) is 0 Å². The van der Waals surface area contributed by atoms with Crippen LogP contribution in [0.3, 0.4) is 0 Å². The fraction of sp³-hybridized carbons (Fsp3) is 0.778. The van der Waals surface area contributed by atoms with Crippen molar-refractivity contribution in [2.75, 3.05) is 26.3 Å². The number of ether oxygens (including phenoxy) is 1. The molecule has 0 aromatic carbocycles. The van der Waals surface area contributed by atoms with Gasteiger partial charge in [-0.05, 0) is 13.8 Å². The summed E-state index contributed by atoms with van der Waals surface area (Å²) in [6.45, 7) is 5.26. The van der Waals surface area contributed by atoms with Crippen LogP contribution in [-0.4, -0.2) is 32.7 Å². The Kier molecular flexibility index (Phi) is 7.83. The summed E-state index contributed by atoms with van der Waals surface area (Å²) in [4.78, 5) is 0. The Morgan fingerprint density at radius 2 is 2.15 bits per heavy atom. The highest BCUT2D eigenvalue weighted by Crippen LogP contribution is 1.91. The Morgan fingerprint density at radius 3 is 2.69 bits per heavy atom. The van der Waals surface area contributed by atoms with Gasteiger partial charge in [-0.25, -0.2) is 8.78 Å². The van der Waals surface area contributed by atoms with Gasteiger partial charge in [-0.15, -0.1) is 0 Å². The van der Waals surface area contributed by atoms with Gasteiger partial charge in [0.1, 0.15) is 6.61 Å². The van der Waals surface area contributed by atoms with Gasteiger partial charge in [0.15, 0.2) is 0 Å². The molecule has 0 aliphatic heterocycles. The normalized spacial score (nSPS) is 10.5. The van der Waals surface area contributed by atoms with Crippen LogP contribution in [0.1, 0.15) is 13.8 Å². The standard InChI is InChI=1S/C9H17F2NO/c1-8(2)3-4-12-5-6-13-7-9(10)11/h3,9,12H,4-7H2,1-2H3. The molecular weight excluding hydrogens is 176 g/mol. The fourth-order valence-electron chi connectivity index (χ4n) is 0.695. The number of halogens is 2. The van der Waals surface area contributed by atoms with E-state index in [0.29, 0.717) is 13.2 Å². The molecule has 1 N–H and O–H groups in total. The zero-order valence-corrected chi connectivity index (χ0v) is 8.15. The summed E-state index contributed by atoms with van der Waals surface area (Å²) in [5, 5.41) is 3.04. The van der Waals surface area contributed by atoms with E-state index in [9.17, 15) is 8.78 Å². The number of rotatable bonds is 7. The summed E-state index contributed by atoms with van der Waals surface area (Å²) in [6.07, 6.45) is -0.328. The van der Waals surface area contributed by atoms with Crippen molar-refractivity contribution in [1.29, 1.82) is 0 Å². The van der Waals surface area contributed by atoms with Crippen LogP contribution >= 0.6 is 0 Å². The minimum Gasteiger partial charge on any atom is -0.374 e. The van der Waals surface area contributed by atoms with Crippen molar-refractivity contribution in [2.24, 2.45) is 0 Å². The van der Waals surface area contributed by atoms with Crippen LogP contribution in [0.4, 0.5) is 8.78 Å². The first-order valence-corrected chi connectivity index (χ1v) is 4.33. The van der Waals surface area contributed by atoms with Gasteiger partial charge in [0.05, 0.1) is 6.61 Å². The second-order valence-corrected chi connectivity index (χ2v) is 2.95. The SMILES string of the molecule is CC(C)=CCNCCOCC(F)F. The Hall–Kier alpha value is -0.480. The predicted molar refractivity (Wildman–Crippen MR) is 49.1 cm³/mol. The summed E-state index contributed by atoms with van der Waals surface area (Å²) >= 11 is 0. The first kappa shape index (κ1) is 12.5. The molecule has 0 unspecified atom stereocenters. The molecule has 0 saturated carbocycles. The minimum absolute atomic E-state index is 0.334. The molecule has 0 radical (unpaired) electrons. The molecule has 13 heavy (non-hydrogen) atoms. The third-order valence-electron chi connectivity index (χ3n) is 1.32. The van der Waals surface area contributed by atoms with Gasteiger partial charge in [-0.3, -0.25) is 0 Å². The third-order valence-corrected chi connectivity index (χ3v) is 1.32. The lowest BCUT2D eigenvalue weighted by Crippen LogP contribution is -2.21. The van der Waals surface area contributed by atoms with E-state index in [1.165, 1.54) is 5.57 Å². The molecule has 78 valence electrons. The van der Waals surface area contributed by atoms with Crippen molar-refractivity contribution in [3.8, 4) is 0 Å².